The van der Waals surface area contributed by atoms with Crippen molar-refractivity contribution in [3.63, 3.8) is 0 Å². The molecule has 0 spiro atoms. The quantitative estimate of drug-likeness (QED) is 0.0783. The van der Waals surface area contributed by atoms with Crippen LogP contribution in [0.15, 0.2) is 28.0 Å². The molecular weight excluding hydrogens is 870 g/mol. The van der Waals surface area contributed by atoms with Gasteiger partial charge in [0, 0.05) is 19.7 Å². The summed E-state index contributed by atoms with van der Waals surface area (Å²) in [7, 11) is -21.6. The van der Waals surface area contributed by atoms with Crippen molar-refractivity contribution in [2.45, 2.75) is 68.8 Å². The van der Waals surface area contributed by atoms with E-state index in [4.69, 9.17) is 49.0 Å². The van der Waals surface area contributed by atoms with E-state index in [2.05, 4.69) is 33.5 Å². The van der Waals surface area contributed by atoms with Crippen LogP contribution in [0.2, 0.25) is 0 Å². The number of fused-ring (bicyclic) bond motifs is 2. The molecule has 0 aliphatic carbocycles. The van der Waals surface area contributed by atoms with Gasteiger partial charge in [-0.2, -0.15) is 13.6 Å². The topological polar surface area (TPSA) is 430 Å². The third kappa shape index (κ3) is 9.59. The molecule has 2 saturated heterocycles. The molecule has 322 valence electrons. The lowest BCUT2D eigenvalue weighted by atomic mass is 10.1. The fourth-order valence-corrected chi connectivity index (χ4v) is 10.2. The lowest BCUT2D eigenvalue weighted by molar-refractivity contribution is -0.0587. The summed E-state index contributed by atoms with van der Waals surface area (Å²) in [4.78, 5) is 79.4. The highest BCUT2D eigenvalue weighted by atomic mass is 31.3. The number of hydrogen-bond donors (Lipinski definition) is 10. The van der Waals surface area contributed by atoms with Gasteiger partial charge in [-0.05, 0) is 12.0 Å². The first-order chi connectivity index (χ1) is 27.0. The Labute approximate surface area is 324 Å². The number of methoxy groups -OCH3 is 1. The number of nitrogens with one attached hydrogen (secondary N) is 1. The van der Waals surface area contributed by atoms with Crippen molar-refractivity contribution in [2.24, 2.45) is 10.7 Å². The molecule has 4 unspecified atom stereocenters. The summed E-state index contributed by atoms with van der Waals surface area (Å²) < 4.78 is 91.6. The number of rotatable bonds is 16. The largest absolute Gasteiger partial charge is 0.490 e. The second-order valence-electron chi connectivity index (χ2n) is 12.5. The Balaban J connectivity index is 1.23. The minimum Gasteiger partial charge on any atom is -0.397 e. The third-order valence-corrected chi connectivity index (χ3v) is 13.5. The number of allylic oxidation sites excluding steroid dienone is 1. The number of nitrogen functional groups attached to an aromatic ring is 1. The predicted molar refractivity (Wildman–Crippen MR) is 190 cm³/mol. The number of aliphatic hydroxyl groups is 2. The second kappa shape index (κ2) is 16.7. The van der Waals surface area contributed by atoms with Gasteiger partial charge in [0.05, 0.1) is 31.6 Å². The summed E-state index contributed by atoms with van der Waals surface area (Å²) >= 11 is 0. The number of nitrogens with two attached hydrogens (primary N) is 2. The van der Waals surface area contributed by atoms with Crippen molar-refractivity contribution in [3.05, 3.63) is 34.3 Å². The molecule has 33 heteroatoms. The Hall–Kier alpha value is -3.11. The second-order valence-corrected chi connectivity index (χ2v) is 18.3. The van der Waals surface area contributed by atoms with Crippen LogP contribution in [0.5, 0.6) is 0 Å². The van der Waals surface area contributed by atoms with E-state index in [1.165, 1.54) is 10.9 Å². The highest BCUT2D eigenvalue weighted by molar-refractivity contribution is 7.66. The summed E-state index contributed by atoms with van der Waals surface area (Å²) in [5.41, 5.74) is 12.3. The van der Waals surface area contributed by atoms with Gasteiger partial charge in [0.2, 0.25) is 5.95 Å². The number of aliphatic hydroxyl groups excluding tert-OH is 2. The van der Waals surface area contributed by atoms with Crippen molar-refractivity contribution in [2.75, 3.05) is 26.1 Å². The van der Waals surface area contributed by atoms with Crippen LogP contribution < -0.4 is 17.0 Å². The van der Waals surface area contributed by atoms with Gasteiger partial charge < -0.3 is 60.4 Å². The number of nitrogens with zero attached hydrogens (tertiary/aromatic N) is 6. The van der Waals surface area contributed by atoms with Gasteiger partial charge in [0.15, 0.2) is 29.4 Å². The molecule has 6 heterocycles. The molecule has 0 amide bonds. The minimum absolute atomic E-state index is 0.121. The molecule has 11 atom stereocenters. The Morgan fingerprint density at radius 3 is 2.21 bits per heavy atom. The number of H-pyrrole nitrogens is 1. The summed E-state index contributed by atoms with van der Waals surface area (Å²) in [5.74, 6) is -0.154. The standard InChI is InChI=1S/C25H37N9O20P4/c1-3-10-4-5-28-20-14(13(10)26)29-8-33(20)24-19(47-2)18(12(51-24)7-49-57(43,44)54-58(45,46)53-55(38,39)40)52-56(41,42)48-6-11-16(35)17(36)23(50-11)34-9-30-15-21(34)31-25(27)32-22(15)37/h5,8-9,11-12,16-19,23-24,35-36H,3-4,6-7,26H2,1-2H3,(H,41,42)(H,43,44)(H,45,46)(H2,38,39,40)(H3,27,31,32,37)/t11-,12?,16-,17-,18-,19-,23-,24-/m1/s1. The van der Waals surface area contributed by atoms with Gasteiger partial charge in [-0.15, -0.1) is 0 Å². The van der Waals surface area contributed by atoms with Crippen LogP contribution in [0.1, 0.15) is 37.9 Å². The zero-order valence-corrected chi connectivity index (χ0v) is 33.3. The number of ether oxygens (including phenoxy) is 3. The summed E-state index contributed by atoms with van der Waals surface area (Å²) in [6.07, 6.45) is -8.08. The minimum atomic E-state index is -5.94. The van der Waals surface area contributed by atoms with Crippen molar-refractivity contribution in [1.82, 2.24) is 29.1 Å². The van der Waals surface area contributed by atoms with E-state index in [0.717, 1.165) is 23.6 Å². The first kappa shape index (κ1) is 44.4. The maximum atomic E-state index is 13.5. The third-order valence-electron chi connectivity index (χ3n) is 8.75. The molecule has 3 aliphatic rings. The van der Waals surface area contributed by atoms with Crippen LogP contribution >= 0.6 is 31.3 Å². The summed E-state index contributed by atoms with van der Waals surface area (Å²) in [6, 6.07) is 0. The maximum Gasteiger partial charge on any atom is 0.490 e. The normalized spacial score (nSPS) is 29.6. The number of imidazole rings is 2. The van der Waals surface area contributed by atoms with Gasteiger partial charge in [0.25, 0.3) is 5.56 Å². The number of phosphoric ester groups is 2. The van der Waals surface area contributed by atoms with Crippen LogP contribution in [-0.4, -0.2) is 127 Å². The van der Waals surface area contributed by atoms with Crippen LogP contribution in [-0.2, 0) is 54.7 Å². The molecule has 0 saturated carbocycles. The molecule has 3 aromatic rings. The van der Waals surface area contributed by atoms with Crippen LogP contribution in [0, 0.1) is 0 Å². The zero-order valence-electron chi connectivity index (χ0n) is 29.7. The predicted octanol–water partition coefficient (Wildman–Crippen LogP) is -0.839. The average molecular weight is 908 g/mol. The highest BCUT2D eigenvalue weighted by Crippen LogP contribution is 2.66. The monoisotopic (exact) mass is 907 g/mol. The van der Waals surface area contributed by atoms with Crippen LogP contribution in [0.4, 0.5) is 11.8 Å². The molecule has 12 N–H and O–H groups in total. The molecule has 3 aromatic heterocycles. The zero-order chi connectivity index (χ0) is 42.5. The number of anilines is 1. The summed E-state index contributed by atoms with van der Waals surface area (Å²) in [5, 5.41) is 21.5. The molecule has 0 radical (unpaired) electrons. The SMILES string of the molecule is CCC1=C(N)c2ncn([C@@H]3OC(COP(=O)(O)OP(=O)(O)OP(=O)(O)O)[C@@H](OP(=O)(O)OC[C@H]4O[C@@H](n5cnc6c(=O)[nH]c(N)nc65)[C@H](O)[C@@H]4O)[C@H]3OC)c2N=CC1. The molecule has 6 rings (SSSR count). The van der Waals surface area contributed by atoms with Gasteiger partial charge in [-0.25, -0.2) is 33.2 Å². The van der Waals surface area contributed by atoms with E-state index in [1.54, 1.807) is 6.21 Å². The van der Waals surface area contributed by atoms with E-state index in [-0.39, 0.29) is 28.6 Å². The van der Waals surface area contributed by atoms with Crippen molar-refractivity contribution >= 4 is 66.1 Å². The number of aromatic amines is 1. The van der Waals surface area contributed by atoms with Crippen LogP contribution in [0.3, 0.4) is 0 Å². The Kier molecular flexibility index (Phi) is 12.8. The number of aromatic nitrogens is 6. The maximum absolute atomic E-state index is 13.5. The van der Waals surface area contributed by atoms with Crippen molar-refractivity contribution in [3.8, 4) is 0 Å². The number of hydrogen-bond acceptors (Lipinski definition) is 21. The van der Waals surface area contributed by atoms with E-state index in [1.807, 2.05) is 6.92 Å². The molecule has 0 aromatic carbocycles. The Morgan fingerprint density at radius 2 is 1.53 bits per heavy atom. The van der Waals surface area contributed by atoms with E-state index < -0.39 is 99.1 Å². The van der Waals surface area contributed by atoms with Gasteiger partial charge in [-0.3, -0.25) is 32.5 Å². The van der Waals surface area contributed by atoms with E-state index in [0.29, 0.717) is 18.5 Å². The Bertz CT molecular complexity index is 2350. The van der Waals surface area contributed by atoms with Crippen molar-refractivity contribution < 1.29 is 89.3 Å². The lowest BCUT2D eigenvalue weighted by Gasteiger charge is -2.26. The molecular formula is C25H37N9O20P4. The molecule has 58 heavy (non-hydrogen) atoms. The van der Waals surface area contributed by atoms with E-state index in [9.17, 15) is 47.9 Å². The molecule has 2 fully saturated rings. The Morgan fingerprint density at radius 1 is 0.879 bits per heavy atom. The molecule has 29 nitrogen and oxygen atoms in total. The number of aliphatic imine (C=N–C) groups is 1. The highest BCUT2D eigenvalue weighted by Gasteiger charge is 2.53. The fraction of sp³-hybridized carbons (Fsp3) is 0.560. The molecule has 3 aliphatic heterocycles. The van der Waals surface area contributed by atoms with Gasteiger partial charge >= 0.3 is 31.3 Å². The molecule has 0 bridgehead atoms. The van der Waals surface area contributed by atoms with Gasteiger partial charge in [-0.1, -0.05) is 6.92 Å². The number of phosphoric acid groups is 4. The smallest absolute Gasteiger partial charge is 0.397 e. The first-order valence-electron chi connectivity index (χ1n) is 16.5. The average Bonchev–Trinajstić information content (AvgIpc) is 3.85. The van der Waals surface area contributed by atoms with E-state index >= 15 is 0 Å². The lowest BCUT2D eigenvalue weighted by Crippen LogP contribution is -2.38. The van der Waals surface area contributed by atoms with Gasteiger partial charge in [0.1, 0.15) is 42.3 Å². The first-order valence-corrected chi connectivity index (χ1v) is 22.5. The van der Waals surface area contributed by atoms with Crippen molar-refractivity contribution in [1.29, 1.82) is 0 Å². The van der Waals surface area contributed by atoms with Crippen LogP contribution in [0.25, 0.3) is 16.9 Å². The summed E-state index contributed by atoms with van der Waals surface area (Å²) in [6.45, 7) is -0.232. The fourth-order valence-electron chi connectivity index (χ4n) is 6.21.